The van der Waals surface area contributed by atoms with Gasteiger partial charge in [-0.2, -0.15) is 0 Å². The molecular formula is C15H24N4. The molecule has 4 nitrogen and oxygen atoms in total. The molecule has 2 fully saturated rings. The molecule has 1 aromatic rings. The van der Waals surface area contributed by atoms with Crippen molar-refractivity contribution in [1.29, 1.82) is 0 Å². The largest absolute Gasteiger partial charge is 0.381 e. The Morgan fingerprint density at radius 1 is 1.11 bits per heavy atom. The molecule has 3 rings (SSSR count). The number of hydrogen-bond donors (Lipinski definition) is 2. The molecule has 0 amide bonds. The maximum Gasteiger partial charge on any atom is 0.131 e. The van der Waals surface area contributed by atoms with E-state index in [1.54, 1.807) is 0 Å². The minimum Gasteiger partial charge on any atom is -0.381 e. The molecule has 19 heavy (non-hydrogen) atoms. The Morgan fingerprint density at radius 3 is 2.47 bits per heavy atom. The molecule has 0 aromatic carbocycles. The molecule has 2 aliphatic rings. The van der Waals surface area contributed by atoms with Gasteiger partial charge in [0.05, 0.1) is 17.6 Å². The third kappa shape index (κ3) is 2.73. The van der Waals surface area contributed by atoms with Gasteiger partial charge in [-0.25, -0.2) is 9.97 Å². The lowest BCUT2D eigenvalue weighted by atomic mass is 9.82. The fourth-order valence-corrected chi connectivity index (χ4v) is 3.13. The highest BCUT2D eigenvalue weighted by atomic mass is 15.0. The molecule has 104 valence electrons. The maximum atomic E-state index is 5.58. The number of rotatable bonds is 5. The van der Waals surface area contributed by atoms with Crippen LogP contribution >= 0.6 is 0 Å². The molecule has 3 N–H and O–H groups in total. The lowest BCUT2D eigenvalue weighted by molar-refractivity contribution is 0.409. The van der Waals surface area contributed by atoms with Crippen LogP contribution in [0.25, 0.3) is 0 Å². The van der Waals surface area contributed by atoms with Gasteiger partial charge in [0.2, 0.25) is 0 Å². The van der Waals surface area contributed by atoms with Crippen LogP contribution in [0.3, 0.4) is 0 Å². The maximum absolute atomic E-state index is 5.58. The number of hydrogen-bond acceptors (Lipinski definition) is 4. The van der Waals surface area contributed by atoms with Gasteiger partial charge in [0.1, 0.15) is 5.82 Å². The van der Waals surface area contributed by atoms with Gasteiger partial charge in [0, 0.05) is 24.9 Å². The van der Waals surface area contributed by atoms with E-state index in [0.29, 0.717) is 18.4 Å². The molecule has 2 saturated carbocycles. The highest BCUT2D eigenvalue weighted by Crippen LogP contribution is 2.40. The van der Waals surface area contributed by atoms with E-state index >= 15 is 0 Å². The summed E-state index contributed by atoms with van der Waals surface area (Å²) in [6, 6.07) is 0. The van der Waals surface area contributed by atoms with Crippen molar-refractivity contribution in [3.05, 3.63) is 17.7 Å². The molecule has 0 radical (unpaired) electrons. The molecule has 0 saturated heterocycles. The van der Waals surface area contributed by atoms with E-state index in [1.807, 2.05) is 6.20 Å². The van der Waals surface area contributed by atoms with E-state index in [1.165, 1.54) is 50.6 Å². The molecule has 0 atom stereocenters. The van der Waals surface area contributed by atoms with Crippen LogP contribution in [0.15, 0.2) is 6.20 Å². The second-order valence-electron chi connectivity index (χ2n) is 5.85. The molecule has 1 aromatic heterocycles. The van der Waals surface area contributed by atoms with Crippen LogP contribution in [0.2, 0.25) is 0 Å². The second kappa shape index (κ2) is 5.87. The predicted molar refractivity (Wildman–Crippen MR) is 77.4 cm³/mol. The third-order valence-corrected chi connectivity index (χ3v) is 4.51. The zero-order valence-electron chi connectivity index (χ0n) is 11.6. The summed E-state index contributed by atoms with van der Waals surface area (Å²) in [4.78, 5) is 9.52. The van der Waals surface area contributed by atoms with Crippen LogP contribution in [0.1, 0.15) is 68.3 Å². The molecule has 0 bridgehead atoms. The Bertz CT molecular complexity index is 422. The summed E-state index contributed by atoms with van der Waals surface area (Å²) in [6.45, 7) is 1.44. The Labute approximate surface area is 115 Å². The van der Waals surface area contributed by atoms with Crippen molar-refractivity contribution in [2.75, 3.05) is 18.4 Å². The second-order valence-corrected chi connectivity index (χ2v) is 5.85. The zero-order chi connectivity index (χ0) is 13.1. The van der Waals surface area contributed by atoms with Crippen molar-refractivity contribution in [2.45, 2.75) is 56.8 Å². The lowest BCUT2D eigenvalue weighted by Crippen LogP contribution is -2.19. The van der Waals surface area contributed by atoms with Crippen LogP contribution in [-0.4, -0.2) is 23.1 Å². The van der Waals surface area contributed by atoms with Crippen LogP contribution < -0.4 is 11.1 Å². The topological polar surface area (TPSA) is 63.8 Å². The van der Waals surface area contributed by atoms with Crippen LogP contribution in [0, 0.1) is 0 Å². The van der Waals surface area contributed by atoms with E-state index in [0.717, 1.165) is 18.1 Å². The number of nitrogens with two attached hydrogens (primary N) is 1. The fourth-order valence-electron chi connectivity index (χ4n) is 3.13. The Hall–Kier alpha value is -1.16. The number of anilines is 1. The van der Waals surface area contributed by atoms with E-state index in [2.05, 4.69) is 10.3 Å². The van der Waals surface area contributed by atoms with Crippen LogP contribution in [0.5, 0.6) is 0 Å². The van der Waals surface area contributed by atoms with Gasteiger partial charge in [-0.1, -0.05) is 19.3 Å². The SMILES string of the molecule is NCCNc1cnc(C2CCCC2)nc1C1CCC1. The van der Waals surface area contributed by atoms with Gasteiger partial charge < -0.3 is 11.1 Å². The van der Waals surface area contributed by atoms with E-state index < -0.39 is 0 Å². The Balaban J connectivity index is 1.83. The molecule has 1 heterocycles. The van der Waals surface area contributed by atoms with Crippen LogP contribution in [-0.2, 0) is 0 Å². The molecule has 0 unspecified atom stereocenters. The first-order chi connectivity index (χ1) is 9.38. The number of nitrogens with zero attached hydrogens (tertiary/aromatic N) is 2. The molecule has 4 heteroatoms. The average molecular weight is 260 g/mol. The summed E-state index contributed by atoms with van der Waals surface area (Å²) in [5, 5.41) is 3.38. The van der Waals surface area contributed by atoms with Crippen LogP contribution in [0.4, 0.5) is 5.69 Å². The summed E-state index contributed by atoms with van der Waals surface area (Å²) < 4.78 is 0. The van der Waals surface area contributed by atoms with Crippen molar-refractivity contribution >= 4 is 5.69 Å². The normalized spacial score (nSPS) is 20.5. The van der Waals surface area contributed by atoms with Gasteiger partial charge in [-0.15, -0.1) is 0 Å². The van der Waals surface area contributed by atoms with Crippen molar-refractivity contribution < 1.29 is 0 Å². The highest BCUT2D eigenvalue weighted by Gasteiger charge is 2.26. The zero-order valence-corrected chi connectivity index (χ0v) is 11.6. The minimum atomic E-state index is 0.599. The molecule has 2 aliphatic carbocycles. The van der Waals surface area contributed by atoms with E-state index in [9.17, 15) is 0 Å². The van der Waals surface area contributed by atoms with Gasteiger partial charge in [0.15, 0.2) is 0 Å². The molecule has 0 aliphatic heterocycles. The van der Waals surface area contributed by atoms with Gasteiger partial charge in [-0.05, 0) is 25.7 Å². The minimum absolute atomic E-state index is 0.599. The third-order valence-electron chi connectivity index (χ3n) is 4.51. The van der Waals surface area contributed by atoms with Crippen molar-refractivity contribution in [2.24, 2.45) is 5.73 Å². The average Bonchev–Trinajstić information content (AvgIpc) is 2.89. The number of aromatic nitrogens is 2. The van der Waals surface area contributed by atoms with Gasteiger partial charge >= 0.3 is 0 Å². The standard InChI is InChI=1S/C15H24N4/c16-8-9-17-13-10-18-15(12-4-1-2-5-12)19-14(13)11-6-3-7-11/h10-12,17H,1-9,16H2. The smallest absolute Gasteiger partial charge is 0.131 e. The summed E-state index contributed by atoms with van der Waals surface area (Å²) in [7, 11) is 0. The first-order valence-corrected chi connectivity index (χ1v) is 7.69. The number of nitrogens with one attached hydrogen (secondary N) is 1. The van der Waals surface area contributed by atoms with E-state index in [-0.39, 0.29) is 0 Å². The van der Waals surface area contributed by atoms with E-state index in [4.69, 9.17) is 10.7 Å². The quantitative estimate of drug-likeness (QED) is 0.854. The summed E-state index contributed by atoms with van der Waals surface area (Å²) in [6.07, 6.45) is 11.1. The van der Waals surface area contributed by atoms with Crippen molar-refractivity contribution in [3.8, 4) is 0 Å². The van der Waals surface area contributed by atoms with Crippen molar-refractivity contribution in [3.63, 3.8) is 0 Å². The molecular weight excluding hydrogens is 236 g/mol. The Kier molecular flexibility index (Phi) is 3.97. The molecule has 0 spiro atoms. The fraction of sp³-hybridized carbons (Fsp3) is 0.733. The first-order valence-electron chi connectivity index (χ1n) is 7.69. The summed E-state index contributed by atoms with van der Waals surface area (Å²) in [5.41, 5.74) is 7.93. The van der Waals surface area contributed by atoms with Gasteiger partial charge in [0.25, 0.3) is 0 Å². The summed E-state index contributed by atoms with van der Waals surface area (Å²) in [5.74, 6) is 2.32. The first kappa shape index (κ1) is 12.9. The van der Waals surface area contributed by atoms with Gasteiger partial charge in [-0.3, -0.25) is 0 Å². The Morgan fingerprint density at radius 2 is 1.84 bits per heavy atom. The summed E-state index contributed by atoms with van der Waals surface area (Å²) >= 11 is 0. The predicted octanol–water partition coefficient (Wildman–Crippen LogP) is 2.77. The monoisotopic (exact) mass is 260 g/mol. The van der Waals surface area contributed by atoms with Crippen molar-refractivity contribution in [1.82, 2.24) is 9.97 Å². The highest BCUT2D eigenvalue weighted by molar-refractivity contribution is 5.48. The lowest BCUT2D eigenvalue weighted by Gasteiger charge is -2.27.